The maximum atomic E-state index is 4.41. The van der Waals surface area contributed by atoms with Crippen LogP contribution in [0.25, 0.3) is 144 Å². The summed E-state index contributed by atoms with van der Waals surface area (Å²) in [6, 6.07) is 87.9. The van der Waals surface area contributed by atoms with Crippen molar-refractivity contribution in [3.63, 3.8) is 0 Å². The quantitative estimate of drug-likeness (QED) is 0.155. The number of fused-ring (bicyclic) bond motifs is 24. The monoisotopic (exact) mass is 1220 g/mol. The Bertz CT molecular complexity index is 5590. The van der Waals surface area contributed by atoms with Crippen LogP contribution < -0.4 is 10.4 Å². The molecule has 0 saturated carbocycles. The van der Waals surface area contributed by atoms with Gasteiger partial charge in [-0.1, -0.05) is 288 Å². The van der Waals surface area contributed by atoms with Gasteiger partial charge in [0.1, 0.15) is 0 Å². The van der Waals surface area contributed by atoms with Gasteiger partial charge in [-0.25, -0.2) is 0 Å². The molecule has 5 aliphatic carbocycles. The number of hydrogen-bond donors (Lipinski definition) is 0. The molecule has 19 rings (SSSR count). The topological polar surface area (TPSA) is 0 Å². The van der Waals surface area contributed by atoms with Crippen LogP contribution in [-0.2, 0) is 34.5 Å². The summed E-state index contributed by atoms with van der Waals surface area (Å²) in [6.07, 6.45) is 8.65. The molecule has 0 N–H and O–H groups in total. The van der Waals surface area contributed by atoms with Crippen molar-refractivity contribution in [2.45, 2.75) is 111 Å². The zero-order valence-electron chi connectivity index (χ0n) is 56.8. The van der Waals surface area contributed by atoms with Crippen molar-refractivity contribution in [1.29, 1.82) is 0 Å². The summed E-state index contributed by atoms with van der Waals surface area (Å²) in [5, 5.41) is 15.6. The summed E-state index contributed by atoms with van der Waals surface area (Å²) in [6.45, 7) is 29.7. The lowest BCUT2D eigenvalue weighted by Crippen LogP contribution is -2.27. The minimum Gasteiger partial charge on any atom is -0.0911 e. The summed E-state index contributed by atoms with van der Waals surface area (Å²) in [7, 11) is 0. The van der Waals surface area contributed by atoms with Gasteiger partial charge in [0.2, 0.25) is 0 Å². The SMILES string of the molecule is C=c1ccc2c(/c1=C/C=C\C)-c1cc3c(cc1C2(C)C)-c1cc2c(cc1CC3)-c1c(ccc3ccccc13)C2(C)C.CC.CC1(C)c2cc3c(cc2-c2c1ccc1ccccc21)c(-c1ccccc1)c(-c1ccccc1)c1cc2c(cc13)C(C)(C)c1ccc3ccccc3c1-2. The molecular weight excluding hydrogens is 1140 g/mol. The molecule has 0 spiro atoms. The first-order chi connectivity index (χ1) is 46.0. The Labute approximate surface area is 560 Å². The Morgan fingerprint density at radius 2 is 0.632 bits per heavy atom. The van der Waals surface area contributed by atoms with Crippen LogP contribution in [0.5, 0.6) is 0 Å². The van der Waals surface area contributed by atoms with Crippen LogP contribution >= 0.6 is 0 Å². The van der Waals surface area contributed by atoms with Gasteiger partial charge in [-0.05, 0) is 254 Å². The van der Waals surface area contributed by atoms with Crippen molar-refractivity contribution < 1.29 is 0 Å². The smallest absolute Gasteiger partial charge is 0.0159 e. The lowest BCUT2D eigenvalue weighted by Gasteiger charge is -2.28. The molecule has 14 aromatic rings. The Kier molecular flexibility index (Phi) is 13.1. The molecule has 0 nitrogen and oxygen atoms in total. The number of aryl methyl sites for hydroxylation is 2. The minimum absolute atomic E-state index is 0.0321. The fourth-order valence-corrected chi connectivity index (χ4v) is 18.2. The molecule has 0 saturated heterocycles. The van der Waals surface area contributed by atoms with E-state index >= 15 is 0 Å². The second kappa shape index (κ2) is 21.2. The largest absolute Gasteiger partial charge is 0.0911 e. The fraction of sp³-hybridized carbons (Fsp3) is 0.179. The molecule has 0 fully saturated rings. The molecule has 460 valence electrons. The van der Waals surface area contributed by atoms with E-state index in [9.17, 15) is 0 Å². The van der Waals surface area contributed by atoms with Gasteiger partial charge in [0.25, 0.3) is 0 Å². The second-order valence-electron chi connectivity index (χ2n) is 29.4. The highest BCUT2D eigenvalue weighted by Crippen LogP contribution is 2.60. The molecule has 5 aliphatic rings. The van der Waals surface area contributed by atoms with Gasteiger partial charge in [-0.15, -0.1) is 0 Å². The summed E-state index contributed by atoms with van der Waals surface area (Å²) >= 11 is 0. The van der Waals surface area contributed by atoms with Crippen molar-refractivity contribution in [2.75, 3.05) is 0 Å². The van der Waals surface area contributed by atoms with Gasteiger partial charge in [-0.2, -0.15) is 0 Å². The highest BCUT2D eigenvalue weighted by atomic mass is 14.5. The van der Waals surface area contributed by atoms with Gasteiger partial charge in [-0.3, -0.25) is 0 Å². The second-order valence-corrected chi connectivity index (χ2v) is 29.4. The molecule has 0 aliphatic heterocycles. The molecule has 0 amide bonds. The first kappa shape index (κ1) is 58.7. The zero-order chi connectivity index (χ0) is 65.2. The predicted molar refractivity (Wildman–Crippen MR) is 410 cm³/mol. The molecule has 0 heterocycles. The van der Waals surface area contributed by atoms with Crippen LogP contribution in [0.3, 0.4) is 0 Å². The Balaban J connectivity index is 0.000000144. The van der Waals surface area contributed by atoms with Crippen LogP contribution in [-0.4, -0.2) is 0 Å². The molecule has 0 unspecified atom stereocenters. The lowest BCUT2D eigenvalue weighted by molar-refractivity contribution is 0.658. The van der Waals surface area contributed by atoms with Crippen molar-refractivity contribution in [2.24, 2.45) is 0 Å². The predicted octanol–water partition coefficient (Wildman–Crippen LogP) is 24.3. The average molecular weight is 1220 g/mol. The van der Waals surface area contributed by atoms with Gasteiger partial charge in [0.05, 0.1) is 0 Å². The van der Waals surface area contributed by atoms with Crippen LogP contribution in [0, 0.1) is 0 Å². The molecule has 0 bridgehead atoms. The van der Waals surface area contributed by atoms with Gasteiger partial charge in [0.15, 0.2) is 0 Å². The molecule has 0 atom stereocenters. The third kappa shape index (κ3) is 8.32. The van der Waals surface area contributed by atoms with E-state index in [1.165, 1.54) is 193 Å². The van der Waals surface area contributed by atoms with Crippen molar-refractivity contribution in [3.8, 4) is 77.9 Å². The molecule has 0 heteroatoms. The van der Waals surface area contributed by atoms with E-state index in [4.69, 9.17) is 0 Å². The van der Waals surface area contributed by atoms with Crippen LogP contribution in [0.4, 0.5) is 0 Å². The molecule has 95 heavy (non-hydrogen) atoms. The van der Waals surface area contributed by atoms with E-state index in [1.54, 1.807) is 0 Å². The standard InChI is InChI=1S/C52H38.C41H36.C2H6/c1-51(2)43-25-23-31-15-11-13-21-35(31)49(43)41-27-39-37(29-45(41)51)38-30-46-42(50-36-22-14-12-16-32(36)24-26-44(50)52(46,3)4)28-40(38)48(34-19-9-6-10-20-34)47(39)33-17-7-5-8-18-33;1-7-8-12-28-24(2)14-18-34-38(28)32-20-26-15-16-27-21-33-37(23-31(27)30(26)22-36(32)40(34,3)4)41(5,6)35-19-17-25-11-9-10-13-29(25)39(33)35;1-2/h5-30H,1-4H3;7-14,17-23H,2,15-16H2,1,3-6H3;1-2H3/b;8-7-,28-12+;. The van der Waals surface area contributed by atoms with Gasteiger partial charge < -0.3 is 0 Å². The van der Waals surface area contributed by atoms with E-state index < -0.39 is 0 Å². The number of hydrogen-bond acceptors (Lipinski definition) is 0. The van der Waals surface area contributed by atoms with E-state index in [0.717, 1.165) is 18.1 Å². The Morgan fingerprint density at radius 1 is 0.295 bits per heavy atom. The Morgan fingerprint density at radius 3 is 1.03 bits per heavy atom. The number of benzene rings is 14. The summed E-state index contributed by atoms with van der Waals surface area (Å²) in [4.78, 5) is 0. The first-order valence-electron chi connectivity index (χ1n) is 34.7. The number of rotatable bonds is 3. The zero-order valence-corrected chi connectivity index (χ0v) is 56.8. The summed E-state index contributed by atoms with van der Waals surface area (Å²) in [5.41, 5.74) is 33.1. The molecule has 14 aromatic carbocycles. The van der Waals surface area contributed by atoms with Crippen LogP contribution in [0.2, 0.25) is 0 Å². The molecule has 0 aromatic heterocycles. The van der Waals surface area contributed by atoms with E-state index in [0.29, 0.717) is 0 Å². The first-order valence-corrected chi connectivity index (χ1v) is 34.7. The molecular formula is C95H80. The maximum absolute atomic E-state index is 4.41. The highest BCUT2D eigenvalue weighted by molar-refractivity contribution is 6.25. The number of allylic oxidation sites excluding steroid dienone is 2. The third-order valence-electron chi connectivity index (χ3n) is 23.0. The van der Waals surface area contributed by atoms with E-state index in [1.807, 2.05) is 13.8 Å². The normalized spacial score (nSPS) is 15.6. The van der Waals surface area contributed by atoms with E-state index in [2.05, 4.69) is 318 Å². The van der Waals surface area contributed by atoms with Crippen molar-refractivity contribution in [1.82, 2.24) is 0 Å². The van der Waals surface area contributed by atoms with Gasteiger partial charge in [0, 0.05) is 21.7 Å². The molecule has 0 radical (unpaired) electrons. The van der Waals surface area contributed by atoms with Gasteiger partial charge >= 0.3 is 0 Å². The lowest BCUT2D eigenvalue weighted by atomic mass is 9.76. The van der Waals surface area contributed by atoms with Crippen molar-refractivity contribution >= 4 is 66.5 Å². The summed E-state index contributed by atoms with van der Waals surface area (Å²) in [5.74, 6) is 0. The third-order valence-corrected chi connectivity index (χ3v) is 23.0. The maximum Gasteiger partial charge on any atom is 0.0159 e. The minimum atomic E-state index is -0.134. The van der Waals surface area contributed by atoms with Crippen LogP contribution in [0.1, 0.15) is 132 Å². The average Bonchev–Trinajstić information content (AvgIpc) is 1.53. The van der Waals surface area contributed by atoms with E-state index in [-0.39, 0.29) is 21.7 Å². The van der Waals surface area contributed by atoms with Crippen molar-refractivity contribution in [3.05, 3.63) is 309 Å². The van der Waals surface area contributed by atoms with Crippen LogP contribution in [0.15, 0.2) is 243 Å². The Hall–Kier alpha value is -10.1. The highest BCUT2D eigenvalue weighted by Gasteiger charge is 2.43. The fourth-order valence-electron chi connectivity index (χ4n) is 18.2. The summed E-state index contributed by atoms with van der Waals surface area (Å²) < 4.78 is 0.